The van der Waals surface area contributed by atoms with Gasteiger partial charge in [0.15, 0.2) is 12.4 Å². The van der Waals surface area contributed by atoms with E-state index in [0.717, 1.165) is 12.2 Å². The molecular weight excluding hydrogens is 260 g/mol. The number of ketones is 1. The lowest BCUT2D eigenvalue weighted by atomic mass is 10.0. The number of Topliss-reactive ketones (excluding diaryl/α,β-unsaturated/α-hetero) is 1. The first-order valence-corrected chi connectivity index (χ1v) is 7.45. The summed E-state index contributed by atoms with van der Waals surface area (Å²) < 4.78 is 5.55. The minimum atomic E-state index is 0.00451. The quantitative estimate of drug-likeness (QED) is 0.722. The largest absolute Gasteiger partial charge is 0.485 e. The number of carbonyl (C=O) groups is 1. The van der Waals surface area contributed by atoms with E-state index >= 15 is 0 Å². The molecule has 0 spiro atoms. The molecule has 2 aromatic rings. The molecule has 0 amide bonds. The molecule has 2 aromatic carbocycles. The highest BCUT2D eigenvalue weighted by Crippen LogP contribution is 2.16. The number of hydrogen-bond acceptors (Lipinski definition) is 2. The minimum absolute atomic E-state index is 0.00451. The number of benzene rings is 2. The van der Waals surface area contributed by atoms with Crippen LogP contribution in [0.1, 0.15) is 48.2 Å². The molecule has 0 N–H and O–H groups in total. The van der Waals surface area contributed by atoms with Crippen LogP contribution in [0.4, 0.5) is 0 Å². The van der Waals surface area contributed by atoms with Crippen LogP contribution >= 0.6 is 0 Å². The van der Waals surface area contributed by atoms with Crippen LogP contribution in [0.2, 0.25) is 0 Å². The third kappa shape index (κ3) is 4.19. The molecule has 0 unspecified atom stereocenters. The van der Waals surface area contributed by atoms with E-state index in [2.05, 4.69) is 20.8 Å². The zero-order valence-corrected chi connectivity index (χ0v) is 12.9. The van der Waals surface area contributed by atoms with Crippen molar-refractivity contribution in [3.05, 3.63) is 65.2 Å². The van der Waals surface area contributed by atoms with Gasteiger partial charge < -0.3 is 4.74 Å². The third-order valence-electron chi connectivity index (χ3n) is 3.60. The van der Waals surface area contributed by atoms with Crippen LogP contribution in [0.3, 0.4) is 0 Å². The Kier molecular flexibility index (Phi) is 5.15. The fourth-order valence-corrected chi connectivity index (χ4v) is 2.11. The Hall–Kier alpha value is -2.09. The van der Waals surface area contributed by atoms with Crippen molar-refractivity contribution in [3.8, 4) is 5.75 Å². The molecule has 21 heavy (non-hydrogen) atoms. The van der Waals surface area contributed by atoms with Gasteiger partial charge in [-0.15, -0.1) is 0 Å². The molecule has 110 valence electrons. The first kappa shape index (κ1) is 15.3. The summed E-state index contributed by atoms with van der Waals surface area (Å²) in [5.41, 5.74) is 3.20. The van der Waals surface area contributed by atoms with Crippen LogP contribution in [0.25, 0.3) is 0 Å². The Morgan fingerprint density at radius 3 is 2.14 bits per heavy atom. The summed E-state index contributed by atoms with van der Waals surface area (Å²) in [6.45, 7) is 6.46. The van der Waals surface area contributed by atoms with Gasteiger partial charge >= 0.3 is 0 Å². The maximum atomic E-state index is 12.1. The van der Waals surface area contributed by atoms with Gasteiger partial charge in [-0.25, -0.2) is 0 Å². The molecule has 0 aliphatic heterocycles. The molecule has 2 rings (SSSR count). The zero-order valence-electron chi connectivity index (χ0n) is 12.9. The lowest BCUT2D eigenvalue weighted by molar-refractivity contribution is 0.0921. The van der Waals surface area contributed by atoms with Crippen LogP contribution < -0.4 is 4.74 Å². The van der Waals surface area contributed by atoms with Crippen molar-refractivity contribution in [2.24, 2.45) is 0 Å². The molecule has 0 aliphatic rings. The third-order valence-corrected chi connectivity index (χ3v) is 3.60. The molecule has 0 radical (unpaired) electrons. The monoisotopic (exact) mass is 282 g/mol. The summed E-state index contributed by atoms with van der Waals surface area (Å²) in [5, 5.41) is 0. The van der Waals surface area contributed by atoms with Crippen molar-refractivity contribution in [1.82, 2.24) is 0 Å². The number of carbonyl (C=O) groups excluding carboxylic acids is 1. The second-order valence-electron chi connectivity index (χ2n) is 5.49. The number of aryl methyl sites for hydroxylation is 1. The fraction of sp³-hybridized carbons (Fsp3) is 0.316. The molecule has 2 nitrogen and oxygen atoms in total. The summed E-state index contributed by atoms with van der Waals surface area (Å²) in [5.74, 6) is 1.21. The molecule has 0 aliphatic carbocycles. The van der Waals surface area contributed by atoms with Gasteiger partial charge in [-0.3, -0.25) is 4.79 Å². The SMILES string of the molecule is CCc1ccc(OCC(=O)c2ccc(C(C)C)cc2)cc1. The average molecular weight is 282 g/mol. The van der Waals surface area contributed by atoms with Crippen molar-refractivity contribution in [2.75, 3.05) is 6.61 Å². The van der Waals surface area contributed by atoms with E-state index in [0.29, 0.717) is 11.5 Å². The fourth-order valence-electron chi connectivity index (χ4n) is 2.11. The Morgan fingerprint density at radius 2 is 1.62 bits per heavy atom. The maximum Gasteiger partial charge on any atom is 0.200 e. The van der Waals surface area contributed by atoms with Crippen LogP contribution in [-0.4, -0.2) is 12.4 Å². The molecule has 0 aromatic heterocycles. The van der Waals surface area contributed by atoms with E-state index in [1.807, 2.05) is 48.5 Å². The smallest absolute Gasteiger partial charge is 0.200 e. The van der Waals surface area contributed by atoms with Crippen LogP contribution in [0.5, 0.6) is 5.75 Å². The lowest BCUT2D eigenvalue weighted by Crippen LogP contribution is -2.11. The van der Waals surface area contributed by atoms with Crippen molar-refractivity contribution >= 4 is 5.78 Å². The average Bonchev–Trinajstić information content (AvgIpc) is 2.53. The van der Waals surface area contributed by atoms with E-state index in [4.69, 9.17) is 4.74 Å². The topological polar surface area (TPSA) is 26.3 Å². The highest BCUT2D eigenvalue weighted by molar-refractivity contribution is 5.97. The second kappa shape index (κ2) is 7.07. The Bertz CT molecular complexity index is 580. The van der Waals surface area contributed by atoms with Crippen molar-refractivity contribution < 1.29 is 9.53 Å². The van der Waals surface area contributed by atoms with Gasteiger partial charge in [0.2, 0.25) is 0 Å². The van der Waals surface area contributed by atoms with Gasteiger partial charge in [0, 0.05) is 5.56 Å². The first-order valence-electron chi connectivity index (χ1n) is 7.45. The number of hydrogen-bond donors (Lipinski definition) is 0. The number of rotatable bonds is 6. The highest BCUT2D eigenvalue weighted by atomic mass is 16.5. The molecule has 0 heterocycles. The Morgan fingerprint density at radius 1 is 1.00 bits per heavy atom. The van der Waals surface area contributed by atoms with Crippen LogP contribution in [-0.2, 0) is 6.42 Å². The normalized spacial score (nSPS) is 10.7. The van der Waals surface area contributed by atoms with Gasteiger partial charge in [0.25, 0.3) is 0 Å². The summed E-state index contributed by atoms with van der Waals surface area (Å²) in [6.07, 6.45) is 1.00. The van der Waals surface area contributed by atoms with E-state index in [1.54, 1.807) is 0 Å². The van der Waals surface area contributed by atoms with Gasteiger partial charge in [-0.05, 0) is 35.6 Å². The molecule has 0 atom stereocenters. The van der Waals surface area contributed by atoms with Crippen molar-refractivity contribution in [1.29, 1.82) is 0 Å². The van der Waals surface area contributed by atoms with Crippen LogP contribution in [0, 0.1) is 0 Å². The maximum absolute atomic E-state index is 12.1. The van der Waals surface area contributed by atoms with Crippen molar-refractivity contribution in [2.45, 2.75) is 33.1 Å². The van der Waals surface area contributed by atoms with Gasteiger partial charge in [0.1, 0.15) is 5.75 Å². The van der Waals surface area contributed by atoms with Gasteiger partial charge in [-0.2, -0.15) is 0 Å². The summed E-state index contributed by atoms with van der Waals surface area (Å²) in [4.78, 5) is 12.1. The first-order chi connectivity index (χ1) is 10.1. The van der Waals surface area contributed by atoms with E-state index < -0.39 is 0 Å². The second-order valence-corrected chi connectivity index (χ2v) is 5.49. The highest BCUT2D eigenvalue weighted by Gasteiger charge is 2.08. The molecule has 0 saturated heterocycles. The molecule has 2 heteroatoms. The zero-order chi connectivity index (χ0) is 15.2. The summed E-state index contributed by atoms with van der Waals surface area (Å²) >= 11 is 0. The molecule has 0 fully saturated rings. The van der Waals surface area contributed by atoms with Crippen LogP contribution in [0.15, 0.2) is 48.5 Å². The molecule has 0 saturated carbocycles. The Labute approximate surface area is 126 Å². The number of ether oxygens (including phenoxy) is 1. The van der Waals surface area contributed by atoms with Crippen molar-refractivity contribution in [3.63, 3.8) is 0 Å². The predicted octanol–water partition coefficient (Wildman–Crippen LogP) is 4.63. The standard InChI is InChI=1S/C19H22O2/c1-4-15-5-11-18(12-6-15)21-13-19(20)17-9-7-16(8-10-17)14(2)3/h5-12,14H,4,13H2,1-3H3. The van der Waals surface area contributed by atoms with Gasteiger partial charge in [-0.1, -0.05) is 57.2 Å². The molecule has 0 bridgehead atoms. The molecular formula is C19H22O2. The Balaban J connectivity index is 1.94. The summed E-state index contributed by atoms with van der Waals surface area (Å²) in [7, 11) is 0. The minimum Gasteiger partial charge on any atom is -0.485 e. The van der Waals surface area contributed by atoms with E-state index in [9.17, 15) is 4.79 Å². The lowest BCUT2D eigenvalue weighted by Gasteiger charge is -2.08. The van der Waals surface area contributed by atoms with E-state index in [1.165, 1.54) is 11.1 Å². The van der Waals surface area contributed by atoms with E-state index in [-0.39, 0.29) is 12.4 Å². The summed E-state index contributed by atoms with van der Waals surface area (Å²) in [6, 6.07) is 15.6. The predicted molar refractivity (Wildman–Crippen MR) is 86.2 cm³/mol. The van der Waals surface area contributed by atoms with Gasteiger partial charge in [0.05, 0.1) is 0 Å².